The van der Waals surface area contributed by atoms with Gasteiger partial charge in [0.2, 0.25) is 5.88 Å². The van der Waals surface area contributed by atoms with E-state index < -0.39 is 0 Å². The first kappa shape index (κ1) is 14.7. The van der Waals surface area contributed by atoms with Crippen LogP contribution in [-0.4, -0.2) is 35.5 Å². The number of nitrogens with zero attached hydrogens (tertiary/aromatic N) is 3. The molecule has 0 spiro atoms. The van der Waals surface area contributed by atoms with Gasteiger partial charge in [0.15, 0.2) is 0 Å². The van der Waals surface area contributed by atoms with Gasteiger partial charge >= 0.3 is 5.69 Å². The van der Waals surface area contributed by atoms with Crippen LogP contribution in [0.5, 0.6) is 5.88 Å². The molecule has 2 aliphatic rings. The SMILES string of the molecule is O=c1nc(OCCc2ccc(Br)cc2)cc2n1CC1COCN21. The molecule has 23 heavy (non-hydrogen) atoms. The molecule has 3 heterocycles. The molecular weight excluding hydrogens is 362 g/mol. The van der Waals surface area contributed by atoms with Crippen molar-refractivity contribution < 1.29 is 9.47 Å². The lowest BCUT2D eigenvalue weighted by molar-refractivity contribution is 0.189. The molecule has 2 aromatic rings. The zero-order chi connectivity index (χ0) is 15.8. The largest absolute Gasteiger partial charge is 0.477 e. The van der Waals surface area contributed by atoms with Gasteiger partial charge in [-0.25, -0.2) is 4.79 Å². The number of ether oxygens (including phenoxy) is 2. The van der Waals surface area contributed by atoms with Crippen LogP contribution < -0.4 is 15.3 Å². The van der Waals surface area contributed by atoms with Crippen LogP contribution in [0.1, 0.15) is 5.56 Å². The van der Waals surface area contributed by atoms with Crippen molar-refractivity contribution >= 4 is 21.7 Å². The Morgan fingerprint density at radius 2 is 2.17 bits per heavy atom. The van der Waals surface area contributed by atoms with Crippen LogP contribution in [0.4, 0.5) is 5.82 Å². The van der Waals surface area contributed by atoms with E-state index in [4.69, 9.17) is 9.47 Å². The number of rotatable bonds is 4. The van der Waals surface area contributed by atoms with E-state index in [9.17, 15) is 4.79 Å². The highest BCUT2D eigenvalue weighted by Gasteiger charge is 2.35. The van der Waals surface area contributed by atoms with Gasteiger partial charge in [0, 0.05) is 17.0 Å². The molecule has 0 amide bonds. The highest BCUT2D eigenvalue weighted by atomic mass is 79.9. The second-order valence-corrected chi connectivity index (χ2v) is 6.61. The van der Waals surface area contributed by atoms with Crippen molar-refractivity contribution in [2.45, 2.75) is 19.0 Å². The normalized spacial score (nSPS) is 18.8. The van der Waals surface area contributed by atoms with Gasteiger partial charge in [-0.05, 0) is 17.7 Å². The predicted octanol–water partition coefficient (Wildman–Crippen LogP) is 1.80. The lowest BCUT2D eigenvalue weighted by Gasteiger charge is -2.15. The topological polar surface area (TPSA) is 56.6 Å². The van der Waals surface area contributed by atoms with Crippen molar-refractivity contribution in [1.82, 2.24) is 9.55 Å². The van der Waals surface area contributed by atoms with Crippen LogP contribution in [0.3, 0.4) is 0 Å². The fourth-order valence-corrected chi connectivity index (χ4v) is 3.24. The summed E-state index contributed by atoms with van der Waals surface area (Å²) in [6.45, 7) is 2.30. The van der Waals surface area contributed by atoms with E-state index in [1.54, 1.807) is 4.57 Å². The predicted molar refractivity (Wildman–Crippen MR) is 88.9 cm³/mol. The van der Waals surface area contributed by atoms with Gasteiger partial charge in [-0.3, -0.25) is 4.57 Å². The summed E-state index contributed by atoms with van der Waals surface area (Å²) in [4.78, 5) is 18.2. The number of benzene rings is 1. The summed E-state index contributed by atoms with van der Waals surface area (Å²) in [6.07, 6.45) is 0.767. The lowest BCUT2D eigenvalue weighted by Crippen LogP contribution is -2.26. The molecular formula is C16H16BrN3O3. The molecule has 1 saturated heterocycles. The zero-order valence-corrected chi connectivity index (χ0v) is 14.0. The van der Waals surface area contributed by atoms with Gasteiger partial charge in [0.25, 0.3) is 0 Å². The Kier molecular flexibility index (Phi) is 3.82. The van der Waals surface area contributed by atoms with E-state index in [2.05, 4.69) is 25.8 Å². The van der Waals surface area contributed by atoms with Crippen LogP contribution in [0.25, 0.3) is 0 Å². The Morgan fingerprint density at radius 3 is 3.00 bits per heavy atom. The van der Waals surface area contributed by atoms with Gasteiger partial charge in [-0.15, -0.1) is 0 Å². The number of hydrogen-bond acceptors (Lipinski definition) is 5. The maximum Gasteiger partial charge on any atom is 0.352 e. The smallest absolute Gasteiger partial charge is 0.352 e. The summed E-state index contributed by atoms with van der Waals surface area (Å²) in [5.74, 6) is 1.22. The third kappa shape index (κ3) is 2.86. The Labute approximate surface area is 141 Å². The Bertz CT molecular complexity index is 775. The zero-order valence-electron chi connectivity index (χ0n) is 12.4. The molecule has 4 rings (SSSR count). The fraction of sp³-hybridized carbons (Fsp3) is 0.375. The molecule has 7 heteroatoms. The molecule has 120 valence electrons. The van der Waals surface area contributed by atoms with Crippen LogP contribution >= 0.6 is 15.9 Å². The van der Waals surface area contributed by atoms with Crippen molar-refractivity contribution in [2.24, 2.45) is 0 Å². The molecule has 1 aromatic heterocycles. The summed E-state index contributed by atoms with van der Waals surface area (Å²) in [6, 6.07) is 10.2. The fourth-order valence-electron chi connectivity index (χ4n) is 2.98. The summed E-state index contributed by atoms with van der Waals surface area (Å²) < 4.78 is 13.9. The first-order chi connectivity index (χ1) is 11.2. The van der Waals surface area contributed by atoms with E-state index in [1.165, 1.54) is 5.56 Å². The van der Waals surface area contributed by atoms with Gasteiger partial charge in [-0.1, -0.05) is 28.1 Å². The van der Waals surface area contributed by atoms with Crippen molar-refractivity contribution in [2.75, 3.05) is 24.8 Å². The minimum atomic E-state index is -0.254. The molecule has 0 aliphatic carbocycles. The van der Waals surface area contributed by atoms with Gasteiger partial charge in [0.05, 0.1) is 25.8 Å². The molecule has 0 saturated carbocycles. The highest BCUT2D eigenvalue weighted by molar-refractivity contribution is 9.10. The van der Waals surface area contributed by atoms with Crippen molar-refractivity contribution in [3.8, 4) is 5.88 Å². The third-order valence-electron chi connectivity index (χ3n) is 4.19. The monoisotopic (exact) mass is 377 g/mol. The molecule has 6 nitrogen and oxygen atoms in total. The van der Waals surface area contributed by atoms with Crippen LogP contribution in [0.2, 0.25) is 0 Å². The Hall–Kier alpha value is -1.86. The maximum absolute atomic E-state index is 12.1. The van der Waals surface area contributed by atoms with Gasteiger partial charge in [0.1, 0.15) is 12.5 Å². The summed E-state index contributed by atoms with van der Waals surface area (Å²) in [7, 11) is 0. The molecule has 1 unspecified atom stereocenters. The average molecular weight is 378 g/mol. The molecule has 0 N–H and O–H groups in total. The number of anilines is 1. The van der Waals surface area contributed by atoms with Crippen LogP contribution in [-0.2, 0) is 17.7 Å². The number of hydrogen-bond donors (Lipinski definition) is 0. The number of halogens is 1. The van der Waals surface area contributed by atoms with Crippen LogP contribution in [0.15, 0.2) is 39.6 Å². The quantitative estimate of drug-likeness (QED) is 0.812. The van der Waals surface area contributed by atoms with Crippen molar-refractivity contribution in [3.05, 3.63) is 50.9 Å². The average Bonchev–Trinajstić information content (AvgIpc) is 3.11. The lowest BCUT2D eigenvalue weighted by atomic mass is 10.2. The minimum absolute atomic E-state index is 0.238. The third-order valence-corrected chi connectivity index (χ3v) is 4.72. The second-order valence-electron chi connectivity index (χ2n) is 5.69. The number of fused-ring (bicyclic) bond motifs is 3. The first-order valence-corrected chi connectivity index (χ1v) is 8.33. The summed E-state index contributed by atoms with van der Waals surface area (Å²) in [5.41, 5.74) is 0.926. The minimum Gasteiger partial charge on any atom is -0.477 e. The van der Waals surface area contributed by atoms with Crippen molar-refractivity contribution in [3.63, 3.8) is 0 Å². The molecule has 0 radical (unpaired) electrons. The van der Waals surface area contributed by atoms with E-state index in [1.807, 2.05) is 30.3 Å². The van der Waals surface area contributed by atoms with E-state index in [0.29, 0.717) is 32.4 Å². The first-order valence-electron chi connectivity index (χ1n) is 7.54. The van der Waals surface area contributed by atoms with Gasteiger partial charge < -0.3 is 14.4 Å². The maximum atomic E-state index is 12.1. The molecule has 1 aromatic carbocycles. The van der Waals surface area contributed by atoms with Gasteiger partial charge in [-0.2, -0.15) is 4.98 Å². The second kappa shape index (κ2) is 5.98. The Morgan fingerprint density at radius 1 is 1.35 bits per heavy atom. The van der Waals surface area contributed by atoms with E-state index in [-0.39, 0.29) is 11.7 Å². The molecule has 1 atom stereocenters. The highest BCUT2D eigenvalue weighted by Crippen LogP contribution is 2.29. The summed E-state index contributed by atoms with van der Waals surface area (Å²) in [5, 5.41) is 0. The van der Waals surface area contributed by atoms with E-state index >= 15 is 0 Å². The molecule has 2 aliphatic heterocycles. The van der Waals surface area contributed by atoms with Crippen LogP contribution in [0, 0.1) is 0 Å². The summed E-state index contributed by atoms with van der Waals surface area (Å²) >= 11 is 3.42. The molecule has 1 fully saturated rings. The van der Waals surface area contributed by atoms with Crippen molar-refractivity contribution in [1.29, 1.82) is 0 Å². The molecule has 0 bridgehead atoms. The van der Waals surface area contributed by atoms with E-state index in [0.717, 1.165) is 16.7 Å². The Balaban J connectivity index is 1.46. The standard InChI is InChI=1S/C16H16BrN3O3/c17-12-3-1-11(2-4-12)5-6-23-14-7-15-19(16(21)18-14)8-13-9-22-10-20(13)15/h1-4,7,13H,5-6,8-10H2. The number of aromatic nitrogens is 2.